The van der Waals surface area contributed by atoms with Crippen LogP contribution in [0.3, 0.4) is 0 Å². The SMILES string of the molecule is CCCCCCCCCCCCCCCC(=O)CC(O)(C(=O)CCCCCCCCCCCCCCC)C(O)OP(=O)(O)NCCO. The van der Waals surface area contributed by atoms with Crippen LogP contribution in [0.25, 0.3) is 0 Å². The number of hydrogen-bond acceptors (Lipinski definition) is 7. The third-order valence-corrected chi connectivity index (χ3v) is 10.2. The Morgan fingerprint density at radius 3 is 1.34 bits per heavy atom. The van der Waals surface area contributed by atoms with Crippen LogP contribution in [0.15, 0.2) is 0 Å². The van der Waals surface area contributed by atoms with Crippen LogP contribution >= 0.6 is 7.75 Å². The molecule has 0 amide bonds. The Balaban J connectivity index is 4.55. The molecule has 10 heteroatoms. The minimum Gasteiger partial charge on any atom is -0.395 e. The molecule has 280 valence electrons. The zero-order valence-electron chi connectivity index (χ0n) is 30.4. The molecule has 5 N–H and O–H groups in total. The van der Waals surface area contributed by atoms with Crippen molar-refractivity contribution in [3.8, 4) is 0 Å². The van der Waals surface area contributed by atoms with Crippen LogP contribution in [0.5, 0.6) is 0 Å². The molecule has 0 radical (unpaired) electrons. The summed E-state index contributed by atoms with van der Waals surface area (Å²) in [4.78, 5) is 36.0. The summed E-state index contributed by atoms with van der Waals surface area (Å²) in [7, 11) is -4.64. The minimum absolute atomic E-state index is 0.0689. The zero-order chi connectivity index (χ0) is 35.1. The first-order valence-corrected chi connectivity index (χ1v) is 21.0. The quantitative estimate of drug-likeness (QED) is 0.0244. The normalized spacial score (nSPS) is 14.9. The van der Waals surface area contributed by atoms with Crippen LogP contribution in [-0.2, 0) is 18.7 Å². The number of unbranched alkanes of at least 4 members (excludes halogenated alkanes) is 24. The maximum absolute atomic E-state index is 13.2. The molecule has 0 rings (SSSR count). The molecule has 3 unspecified atom stereocenters. The van der Waals surface area contributed by atoms with Crippen LogP contribution in [0.1, 0.15) is 200 Å². The maximum Gasteiger partial charge on any atom is 0.405 e. The molecule has 47 heavy (non-hydrogen) atoms. The molecule has 3 atom stereocenters. The predicted octanol–water partition coefficient (Wildman–Crippen LogP) is 9.23. The summed E-state index contributed by atoms with van der Waals surface area (Å²) < 4.78 is 17.1. The lowest BCUT2D eigenvalue weighted by Gasteiger charge is -2.32. The molecule has 0 spiro atoms. The van der Waals surface area contributed by atoms with Gasteiger partial charge in [-0.25, -0.2) is 9.65 Å². The van der Waals surface area contributed by atoms with Crippen molar-refractivity contribution < 1.29 is 38.9 Å². The molecule has 0 aromatic rings. The average molecular weight is 692 g/mol. The summed E-state index contributed by atoms with van der Waals surface area (Å²) in [5.41, 5.74) is -2.62. The summed E-state index contributed by atoms with van der Waals surface area (Å²) >= 11 is 0. The van der Waals surface area contributed by atoms with E-state index in [0.717, 1.165) is 44.9 Å². The van der Waals surface area contributed by atoms with E-state index in [-0.39, 0.29) is 19.4 Å². The van der Waals surface area contributed by atoms with Gasteiger partial charge in [0.2, 0.25) is 6.29 Å². The largest absolute Gasteiger partial charge is 0.405 e. The second-order valence-electron chi connectivity index (χ2n) is 13.7. The van der Waals surface area contributed by atoms with Crippen LogP contribution < -0.4 is 5.09 Å². The van der Waals surface area contributed by atoms with Crippen molar-refractivity contribution in [1.82, 2.24) is 5.09 Å². The summed E-state index contributed by atoms with van der Waals surface area (Å²) in [6, 6.07) is 0. The highest BCUT2D eigenvalue weighted by molar-refractivity contribution is 7.50. The van der Waals surface area contributed by atoms with Gasteiger partial charge < -0.3 is 20.2 Å². The molecule has 0 aromatic carbocycles. The molecule has 0 aliphatic carbocycles. The second kappa shape index (κ2) is 31.3. The van der Waals surface area contributed by atoms with Gasteiger partial charge in [-0.05, 0) is 12.8 Å². The molecule has 0 bridgehead atoms. The van der Waals surface area contributed by atoms with E-state index in [2.05, 4.69) is 18.9 Å². The Bertz CT molecular complexity index is 798. The molecule has 0 aliphatic heterocycles. The van der Waals surface area contributed by atoms with Crippen molar-refractivity contribution in [2.75, 3.05) is 13.2 Å². The van der Waals surface area contributed by atoms with E-state index in [4.69, 9.17) is 9.63 Å². The second-order valence-corrected chi connectivity index (χ2v) is 15.2. The van der Waals surface area contributed by atoms with E-state index >= 15 is 0 Å². The van der Waals surface area contributed by atoms with Crippen LogP contribution in [0, 0.1) is 0 Å². The van der Waals surface area contributed by atoms with Gasteiger partial charge in [0.15, 0.2) is 11.4 Å². The highest BCUT2D eigenvalue weighted by atomic mass is 31.2. The molecule has 0 saturated heterocycles. The highest BCUT2D eigenvalue weighted by Crippen LogP contribution is 2.41. The van der Waals surface area contributed by atoms with Crippen molar-refractivity contribution in [2.24, 2.45) is 0 Å². The summed E-state index contributed by atoms with van der Waals surface area (Å²) in [5, 5.41) is 32.9. The Kier molecular flexibility index (Phi) is 30.9. The fourth-order valence-electron chi connectivity index (χ4n) is 6.02. The number of Topliss-reactive ketones (excluding diaryl/α,β-unsaturated/α-hetero) is 2. The first-order chi connectivity index (χ1) is 22.6. The van der Waals surface area contributed by atoms with Crippen LogP contribution in [-0.4, -0.2) is 56.8 Å². The van der Waals surface area contributed by atoms with E-state index in [9.17, 15) is 29.3 Å². The van der Waals surface area contributed by atoms with Crippen molar-refractivity contribution >= 4 is 19.3 Å². The topological polar surface area (TPSA) is 153 Å². The van der Waals surface area contributed by atoms with E-state index in [1.54, 1.807) is 0 Å². The van der Waals surface area contributed by atoms with Crippen molar-refractivity contribution in [2.45, 2.75) is 212 Å². The molecular weight excluding hydrogens is 617 g/mol. The number of hydrogen-bond donors (Lipinski definition) is 5. The van der Waals surface area contributed by atoms with Gasteiger partial charge in [0.05, 0.1) is 6.61 Å². The molecule has 9 nitrogen and oxygen atoms in total. The predicted molar refractivity (Wildman–Crippen MR) is 192 cm³/mol. The number of carbonyl (C=O) groups excluding carboxylic acids is 2. The Morgan fingerprint density at radius 2 is 0.979 bits per heavy atom. The van der Waals surface area contributed by atoms with Gasteiger partial charge in [-0.2, -0.15) is 0 Å². The lowest BCUT2D eigenvalue weighted by atomic mass is 9.87. The van der Waals surface area contributed by atoms with Crippen LogP contribution in [0.4, 0.5) is 0 Å². The summed E-state index contributed by atoms with van der Waals surface area (Å²) in [6.45, 7) is 3.72. The van der Waals surface area contributed by atoms with Crippen molar-refractivity contribution in [3.05, 3.63) is 0 Å². The third kappa shape index (κ3) is 26.8. The average Bonchev–Trinajstić information content (AvgIpc) is 3.04. The Morgan fingerprint density at radius 1 is 0.638 bits per heavy atom. The van der Waals surface area contributed by atoms with Gasteiger partial charge in [-0.15, -0.1) is 0 Å². The molecule has 0 saturated carbocycles. The molecule has 0 heterocycles. The van der Waals surface area contributed by atoms with Crippen molar-refractivity contribution in [1.29, 1.82) is 0 Å². The fourth-order valence-corrected chi connectivity index (χ4v) is 6.93. The van der Waals surface area contributed by atoms with E-state index < -0.39 is 44.2 Å². The Hall–Kier alpha value is -0.670. The minimum atomic E-state index is -4.64. The van der Waals surface area contributed by atoms with Gasteiger partial charge in [-0.1, -0.05) is 168 Å². The summed E-state index contributed by atoms with van der Waals surface area (Å²) in [6.07, 6.45) is 27.0. The van der Waals surface area contributed by atoms with Gasteiger partial charge in [0.25, 0.3) is 0 Å². The molecular formula is C37H74NO8P. The monoisotopic (exact) mass is 692 g/mol. The number of nitrogens with one attached hydrogen (secondary N) is 1. The van der Waals surface area contributed by atoms with Gasteiger partial charge in [0, 0.05) is 25.8 Å². The molecule has 0 aliphatic rings. The third-order valence-electron chi connectivity index (χ3n) is 9.09. The molecule has 0 aromatic heterocycles. The lowest BCUT2D eigenvalue weighted by Crippen LogP contribution is -2.52. The number of carbonyl (C=O) groups is 2. The summed E-state index contributed by atoms with van der Waals surface area (Å²) in [5.74, 6) is -1.16. The number of rotatable bonds is 37. The lowest BCUT2D eigenvalue weighted by molar-refractivity contribution is -0.187. The maximum atomic E-state index is 13.2. The first-order valence-electron chi connectivity index (χ1n) is 19.5. The number of aliphatic hydroxyl groups is 3. The Labute approximate surface area is 288 Å². The van der Waals surface area contributed by atoms with Gasteiger partial charge in [0.1, 0.15) is 5.78 Å². The number of ketones is 2. The first kappa shape index (κ1) is 46.3. The van der Waals surface area contributed by atoms with E-state index in [1.807, 2.05) is 0 Å². The van der Waals surface area contributed by atoms with Gasteiger partial charge in [-0.3, -0.25) is 14.1 Å². The smallest absolute Gasteiger partial charge is 0.395 e. The standard InChI is InChI=1S/C37H74NO8P/c1-3-5-7-9-11-13-15-17-19-21-23-25-27-29-34(40)33-37(43,36(42)46-47(44,45)38-31-32-39)35(41)30-28-26-24-22-20-18-16-14-12-10-8-6-4-2/h36,39,42-43H,3-33H2,1-2H3,(H2,38,44,45). The fraction of sp³-hybridized carbons (Fsp3) is 0.946. The van der Waals surface area contributed by atoms with E-state index in [1.165, 1.54) is 109 Å². The van der Waals surface area contributed by atoms with E-state index in [0.29, 0.717) is 12.8 Å². The zero-order valence-corrected chi connectivity index (χ0v) is 31.3. The number of aliphatic hydroxyl groups excluding tert-OH is 2. The molecule has 0 fully saturated rings. The highest BCUT2D eigenvalue weighted by Gasteiger charge is 2.47. The van der Waals surface area contributed by atoms with Gasteiger partial charge >= 0.3 is 7.75 Å². The van der Waals surface area contributed by atoms with Crippen LogP contribution in [0.2, 0.25) is 0 Å². The van der Waals surface area contributed by atoms with Crippen molar-refractivity contribution in [3.63, 3.8) is 0 Å².